The molecule has 19 heavy (non-hydrogen) atoms. The summed E-state index contributed by atoms with van der Waals surface area (Å²) in [4.78, 5) is 0. The average Bonchev–Trinajstić information content (AvgIpc) is 2.36. The van der Waals surface area contributed by atoms with E-state index in [2.05, 4.69) is 68.6 Å². The first-order valence-corrected chi connectivity index (χ1v) is 6.90. The standard InChI is InChI=1S/C18H23N/c1-13-9-14(2)11-17(10-13)18(19-4)12-16-8-6-5-7-15(16)3/h5-11,18-19H,12H2,1-4H3. The number of hydrogen-bond acceptors (Lipinski definition) is 1. The van der Waals surface area contributed by atoms with Crippen LogP contribution >= 0.6 is 0 Å². The minimum Gasteiger partial charge on any atom is -0.313 e. The fraction of sp³-hybridized carbons (Fsp3) is 0.333. The molecule has 1 nitrogen and oxygen atoms in total. The third-order valence-corrected chi connectivity index (χ3v) is 3.68. The molecule has 1 atom stereocenters. The van der Waals surface area contributed by atoms with Gasteiger partial charge < -0.3 is 5.32 Å². The molecule has 0 aliphatic rings. The van der Waals surface area contributed by atoms with Crippen LogP contribution in [-0.4, -0.2) is 7.05 Å². The molecular weight excluding hydrogens is 230 g/mol. The summed E-state index contributed by atoms with van der Waals surface area (Å²) in [5, 5.41) is 3.45. The number of rotatable bonds is 4. The van der Waals surface area contributed by atoms with Crippen LogP contribution in [0.15, 0.2) is 42.5 Å². The van der Waals surface area contributed by atoms with Crippen LogP contribution < -0.4 is 5.32 Å². The maximum atomic E-state index is 3.45. The van der Waals surface area contributed by atoms with Crippen LogP contribution in [0.25, 0.3) is 0 Å². The maximum absolute atomic E-state index is 3.45. The van der Waals surface area contributed by atoms with E-state index in [0.717, 1.165) is 6.42 Å². The van der Waals surface area contributed by atoms with E-state index in [1.165, 1.54) is 27.8 Å². The topological polar surface area (TPSA) is 12.0 Å². The van der Waals surface area contributed by atoms with Crippen molar-refractivity contribution in [1.82, 2.24) is 5.32 Å². The molecule has 0 aromatic heterocycles. The van der Waals surface area contributed by atoms with E-state index < -0.39 is 0 Å². The van der Waals surface area contributed by atoms with Gasteiger partial charge in [-0.3, -0.25) is 0 Å². The minimum absolute atomic E-state index is 0.375. The van der Waals surface area contributed by atoms with Crippen molar-refractivity contribution < 1.29 is 0 Å². The van der Waals surface area contributed by atoms with Crippen LogP contribution in [-0.2, 0) is 6.42 Å². The van der Waals surface area contributed by atoms with Crippen molar-refractivity contribution in [1.29, 1.82) is 0 Å². The molecule has 1 N–H and O–H groups in total. The molecule has 0 saturated heterocycles. The van der Waals surface area contributed by atoms with Crippen LogP contribution in [0.5, 0.6) is 0 Å². The normalized spacial score (nSPS) is 12.4. The predicted molar refractivity (Wildman–Crippen MR) is 82.6 cm³/mol. The fourth-order valence-electron chi connectivity index (χ4n) is 2.66. The number of nitrogens with one attached hydrogen (secondary N) is 1. The van der Waals surface area contributed by atoms with E-state index in [1.807, 2.05) is 7.05 Å². The number of benzene rings is 2. The molecule has 0 aliphatic carbocycles. The first-order valence-electron chi connectivity index (χ1n) is 6.90. The van der Waals surface area contributed by atoms with Gasteiger partial charge in [-0.15, -0.1) is 0 Å². The smallest absolute Gasteiger partial charge is 0.0358 e. The van der Waals surface area contributed by atoms with Crippen LogP contribution in [0, 0.1) is 20.8 Å². The van der Waals surface area contributed by atoms with Gasteiger partial charge in [-0.1, -0.05) is 53.6 Å². The minimum atomic E-state index is 0.375. The molecule has 0 aliphatic heterocycles. The van der Waals surface area contributed by atoms with Crippen LogP contribution in [0.4, 0.5) is 0 Å². The summed E-state index contributed by atoms with van der Waals surface area (Å²) in [6.45, 7) is 6.51. The maximum Gasteiger partial charge on any atom is 0.0358 e. The molecular formula is C18H23N. The van der Waals surface area contributed by atoms with Gasteiger partial charge in [0.25, 0.3) is 0 Å². The SMILES string of the molecule is CNC(Cc1ccccc1C)c1cc(C)cc(C)c1. The van der Waals surface area contributed by atoms with E-state index in [1.54, 1.807) is 0 Å². The molecule has 0 amide bonds. The first kappa shape index (κ1) is 13.8. The summed E-state index contributed by atoms with van der Waals surface area (Å²) in [5.74, 6) is 0. The number of likely N-dealkylation sites (N-methyl/N-ethyl adjacent to an activating group) is 1. The predicted octanol–water partition coefficient (Wildman–Crippen LogP) is 4.12. The highest BCUT2D eigenvalue weighted by Gasteiger charge is 2.12. The Balaban J connectivity index is 2.28. The van der Waals surface area contributed by atoms with Crippen LogP contribution in [0.3, 0.4) is 0 Å². The zero-order valence-electron chi connectivity index (χ0n) is 12.3. The largest absolute Gasteiger partial charge is 0.313 e. The lowest BCUT2D eigenvalue weighted by Gasteiger charge is -2.19. The highest BCUT2D eigenvalue weighted by molar-refractivity contribution is 5.33. The van der Waals surface area contributed by atoms with Crippen LogP contribution in [0.2, 0.25) is 0 Å². The van der Waals surface area contributed by atoms with Crippen molar-refractivity contribution >= 4 is 0 Å². The van der Waals surface area contributed by atoms with Crippen molar-refractivity contribution in [3.8, 4) is 0 Å². The Morgan fingerprint density at radius 2 is 1.58 bits per heavy atom. The van der Waals surface area contributed by atoms with Gasteiger partial charge in [0.15, 0.2) is 0 Å². The summed E-state index contributed by atoms with van der Waals surface area (Å²) >= 11 is 0. The third-order valence-electron chi connectivity index (χ3n) is 3.68. The van der Waals surface area contributed by atoms with Crippen molar-refractivity contribution in [3.63, 3.8) is 0 Å². The van der Waals surface area contributed by atoms with E-state index in [0.29, 0.717) is 6.04 Å². The molecule has 0 saturated carbocycles. The summed E-state index contributed by atoms with van der Waals surface area (Å²) in [6, 6.07) is 15.8. The molecule has 2 aromatic carbocycles. The molecule has 2 rings (SSSR count). The van der Waals surface area contributed by atoms with Gasteiger partial charge in [0, 0.05) is 6.04 Å². The van der Waals surface area contributed by atoms with E-state index in [9.17, 15) is 0 Å². The molecule has 2 aromatic rings. The van der Waals surface area contributed by atoms with Gasteiger partial charge in [0.2, 0.25) is 0 Å². The van der Waals surface area contributed by atoms with Gasteiger partial charge >= 0.3 is 0 Å². The zero-order valence-corrected chi connectivity index (χ0v) is 12.3. The third kappa shape index (κ3) is 3.45. The second-order valence-corrected chi connectivity index (χ2v) is 5.39. The lowest BCUT2D eigenvalue weighted by Crippen LogP contribution is -2.19. The Morgan fingerprint density at radius 3 is 2.16 bits per heavy atom. The Morgan fingerprint density at radius 1 is 0.947 bits per heavy atom. The second-order valence-electron chi connectivity index (χ2n) is 5.39. The molecule has 0 fully saturated rings. The fourth-order valence-corrected chi connectivity index (χ4v) is 2.66. The highest BCUT2D eigenvalue weighted by Crippen LogP contribution is 2.22. The Hall–Kier alpha value is -1.60. The monoisotopic (exact) mass is 253 g/mol. The van der Waals surface area contributed by atoms with Crippen molar-refractivity contribution in [2.24, 2.45) is 0 Å². The summed E-state index contributed by atoms with van der Waals surface area (Å²) in [6.07, 6.45) is 1.03. The van der Waals surface area contributed by atoms with E-state index in [-0.39, 0.29) is 0 Å². The van der Waals surface area contributed by atoms with Gasteiger partial charge in [0.05, 0.1) is 0 Å². The molecule has 0 heterocycles. The highest BCUT2D eigenvalue weighted by atomic mass is 14.9. The lowest BCUT2D eigenvalue weighted by molar-refractivity contribution is 0.590. The zero-order chi connectivity index (χ0) is 13.8. The summed E-state index contributed by atoms with van der Waals surface area (Å²) in [5.41, 5.74) is 6.83. The lowest BCUT2D eigenvalue weighted by atomic mass is 9.94. The van der Waals surface area contributed by atoms with Crippen LogP contribution in [0.1, 0.15) is 33.9 Å². The van der Waals surface area contributed by atoms with Gasteiger partial charge in [-0.05, 0) is 50.9 Å². The number of hydrogen-bond donors (Lipinski definition) is 1. The quantitative estimate of drug-likeness (QED) is 0.864. The number of aryl methyl sites for hydroxylation is 3. The Labute approximate surface area is 116 Å². The summed E-state index contributed by atoms with van der Waals surface area (Å²) in [7, 11) is 2.04. The molecule has 1 unspecified atom stereocenters. The molecule has 100 valence electrons. The van der Waals surface area contributed by atoms with E-state index in [4.69, 9.17) is 0 Å². The van der Waals surface area contributed by atoms with Crippen molar-refractivity contribution in [2.45, 2.75) is 33.2 Å². The van der Waals surface area contributed by atoms with Gasteiger partial charge in [0.1, 0.15) is 0 Å². The average molecular weight is 253 g/mol. The Bertz CT molecular complexity index is 537. The van der Waals surface area contributed by atoms with Gasteiger partial charge in [-0.2, -0.15) is 0 Å². The first-order chi connectivity index (χ1) is 9.10. The molecule has 0 radical (unpaired) electrons. The Kier molecular flexibility index (Phi) is 4.39. The van der Waals surface area contributed by atoms with Crippen molar-refractivity contribution in [3.05, 3.63) is 70.3 Å². The van der Waals surface area contributed by atoms with Gasteiger partial charge in [-0.25, -0.2) is 0 Å². The second kappa shape index (κ2) is 6.03. The van der Waals surface area contributed by atoms with Crippen molar-refractivity contribution in [2.75, 3.05) is 7.05 Å². The summed E-state index contributed by atoms with van der Waals surface area (Å²) < 4.78 is 0. The molecule has 1 heteroatoms. The molecule has 0 spiro atoms. The molecule has 0 bridgehead atoms. The van der Waals surface area contributed by atoms with E-state index >= 15 is 0 Å².